The standard InChI is InChI=1S/C27H30N2O6/c1-34-22(24(30)29-14-13-27(25(31)32)12-6-11-23(27)29)15-28-26(33)35-16-21-19-9-4-2-7-17(19)18-8-3-5-10-20(18)21/h2-5,7-10,21-23H,6,11-16H2,1H3,(H,28,33)(H,31,32). The van der Waals surface area contributed by atoms with Gasteiger partial charge in [-0.25, -0.2) is 4.79 Å². The van der Waals surface area contributed by atoms with Gasteiger partial charge in [0.2, 0.25) is 0 Å². The Morgan fingerprint density at radius 2 is 1.74 bits per heavy atom. The van der Waals surface area contributed by atoms with Crippen molar-refractivity contribution < 1.29 is 29.0 Å². The number of methoxy groups -OCH3 is 1. The van der Waals surface area contributed by atoms with Crippen LogP contribution in [0.2, 0.25) is 0 Å². The van der Waals surface area contributed by atoms with Gasteiger partial charge in [0.1, 0.15) is 6.61 Å². The number of carbonyl (C=O) groups excluding carboxylic acids is 2. The van der Waals surface area contributed by atoms with E-state index in [1.54, 1.807) is 4.90 Å². The number of likely N-dealkylation sites (tertiary alicyclic amines) is 1. The number of fused-ring (bicyclic) bond motifs is 4. The highest BCUT2D eigenvalue weighted by Crippen LogP contribution is 2.49. The predicted octanol–water partition coefficient (Wildman–Crippen LogP) is 3.40. The van der Waals surface area contributed by atoms with E-state index in [0.717, 1.165) is 28.7 Å². The van der Waals surface area contributed by atoms with Crippen LogP contribution < -0.4 is 5.32 Å². The first-order valence-corrected chi connectivity index (χ1v) is 12.1. The average molecular weight is 479 g/mol. The molecule has 3 atom stereocenters. The molecule has 1 heterocycles. The van der Waals surface area contributed by atoms with E-state index < -0.39 is 23.6 Å². The molecule has 35 heavy (non-hydrogen) atoms. The maximum atomic E-state index is 13.2. The van der Waals surface area contributed by atoms with E-state index in [2.05, 4.69) is 29.6 Å². The van der Waals surface area contributed by atoms with Crippen molar-refractivity contribution >= 4 is 18.0 Å². The summed E-state index contributed by atoms with van der Waals surface area (Å²) in [6, 6.07) is 15.9. The van der Waals surface area contributed by atoms with Crippen LogP contribution in [0.1, 0.15) is 42.7 Å². The molecule has 2 aliphatic carbocycles. The quantitative estimate of drug-likeness (QED) is 0.632. The summed E-state index contributed by atoms with van der Waals surface area (Å²) in [4.78, 5) is 39.2. The fourth-order valence-electron chi connectivity index (χ4n) is 6.18. The number of ether oxygens (including phenoxy) is 2. The van der Waals surface area contributed by atoms with E-state index >= 15 is 0 Å². The Kier molecular flexibility index (Phi) is 6.23. The zero-order valence-electron chi connectivity index (χ0n) is 19.7. The summed E-state index contributed by atoms with van der Waals surface area (Å²) >= 11 is 0. The second-order valence-corrected chi connectivity index (χ2v) is 9.58. The molecule has 0 aromatic heterocycles. The summed E-state index contributed by atoms with van der Waals surface area (Å²) < 4.78 is 10.9. The van der Waals surface area contributed by atoms with Crippen molar-refractivity contribution in [3.8, 4) is 11.1 Å². The lowest BCUT2D eigenvalue weighted by atomic mass is 9.82. The Balaban J connectivity index is 1.18. The highest BCUT2D eigenvalue weighted by atomic mass is 16.5. The SMILES string of the molecule is COC(CNC(=O)OCC1c2ccccc2-c2ccccc21)C(=O)N1CCC2(C(=O)O)CCCC12. The van der Waals surface area contributed by atoms with Crippen molar-refractivity contribution in [2.75, 3.05) is 26.8 Å². The number of amides is 2. The molecule has 2 aromatic carbocycles. The molecule has 3 aliphatic rings. The van der Waals surface area contributed by atoms with Gasteiger partial charge < -0.3 is 24.8 Å². The van der Waals surface area contributed by atoms with Gasteiger partial charge in [-0.1, -0.05) is 55.0 Å². The minimum atomic E-state index is -0.902. The number of aliphatic carboxylic acids is 1. The third-order valence-corrected chi connectivity index (χ3v) is 7.96. The summed E-state index contributed by atoms with van der Waals surface area (Å²) in [5.41, 5.74) is 3.70. The fourth-order valence-corrected chi connectivity index (χ4v) is 6.18. The van der Waals surface area contributed by atoms with Gasteiger partial charge in [-0.2, -0.15) is 0 Å². The average Bonchev–Trinajstić information content (AvgIpc) is 3.54. The minimum Gasteiger partial charge on any atom is -0.481 e. The van der Waals surface area contributed by atoms with Crippen LogP contribution in [0.15, 0.2) is 48.5 Å². The number of carboxylic acids is 1. The van der Waals surface area contributed by atoms with E-state index in [1.807, 2.05) is 24.3 Å². The molecule has 5 rings (SSSR count). The zero-order valence-corrected chi connectivity index (χ0v) is 19.7. The van der Waals surface area contributed by atoms with Crippen molar-refractivity contribution in [1.82, 2.24) is 10.2 Å². The third-order valence-electron chi connectivity index (χ3n) is 7.96. The number of nitrogens with one attached hydrogen (secondary N) is 1. The van der Waals surface area contributed by atoms with E-state index in [-0.39, 0.29) is 31.0 Å². The third kappa shape index (κ3) is 3.95. The largest absolute Gasteiger partial charge is 0.481 e. The van der Waals surface area contributed by atoms with Crippen LogP contribution in [0.25, 0.3) is 11.1 Å². The maximum absolute atomic E-state index is 13.2. The Hall–Kier alpha value is -3.39. The van der Waals surface area contributed by atoms with Crippen LogP contribution in [-0.4, -0.2) is 66.9 Å². The smallest absolute Gasteiger partial charge is 0.407 e. The number of carboxylic acid groups (broad SMARTS) is 1. The first kappa shape index (κ1) is 23.4. The molecular weight excluding hydrogens is 448 g/mol. The maximum Gasteiger partial charge on any atom is 0.407 e. The van der Waals surface area contributed by atoms with Crippen molar-refractivity contribution in [2.24, 2.45) is 5.41 Å². The van der Waals surface area contributed by atoms with Gasteiger partial charge in [0.05, 0.1) is 12.0 Å². The Morgan fingerprint density at radius 1 is 1.09 bits per heavy atom. The predicted molar refractivity (Wildman–Crippen MR) is 128 cm³/mol. The van der Waals surface area contributed by atoms with Crippen LogP contribution in [0.5, 0.6) is 0 Å². The second kappa shape index (κ2) is 9.34. The Labute approximate surface area is 204 Å². The van der Waals surface area contributed by atoms with Gasteiger partial charge in [0, 0.05) is 25.6 Å². The van der Waals surface area contributed by atoms with Crippen LogP contribution in [0, 0.1) is 5.41 Å². The van der Waals surface area contributed by atoms with E-state index in [1.165, 1.54) is 7.11 Å². The molecule has 0 radical (unpaired) electrons. The van der Waals surface area contributed by atoms with Crippen molar-refractivity contribution in [3.05, 3.63) is 59.7 Å². The first-order chi connectivity index (χ1) is 17.0. The fraction of sp³-hybridized carbons (Fsp3) is 0.444. The summed E-state index contributed by atoms with van der Waals surface area (Å²) in [5, 5.41) is 12.4. The van der Waals surface area contributed by atoms with E-state index in [4.69, 9.17) is 9.47 Å². The number of nitrogens with zero attached hydrogens (tertiary/aromatic N) is 1. The van der Waals surface area contributed by atoms with Gasteiger partial charge in [0.25, 0.3) is 5.91 Å². The number of benzene rings is 2. The first-order valence-electron chi connectivity index (χ1n) is 12.1. The molecule has 8 heteroatoms. The number of rotatable bonds is 7. The molecule has 1 aliphatic heterocycles. The monoisotopic (exact) mass is 478 g/mol. The molecular formula is C27H30N2O6. The molecule has 1 saturated carbocycles. The molecule has 2 aromatic rings. The summed E-state index contributed by atoms with van der Waals surface area (Å²) in [6.45, 7) is 0.524. The minimum absolute atomic E-state index is 0.0463. The molecule has 8 nitrogen and oxygen atoms in total. The number of alkyl carbamates (subject to hydrolysis) is 1. The van der Waals surface area contributed by atoms with Crippen molar-refractivity contribution in [2.45, 2.75) is 43.7 Å². The number of carbonyl (C=O) groups is 3. The van der Waals surface area contributed by atoms with Gasteiger partial charge in [-0.05, 0) is 41.5 Å². The zero-order chi connectivity index (χ0) is 24.6. The topological polar surface area (TPSA) is 105 Å². The van der Waals surface area contributed by atoms with Gasteiger partial charge in [-0.15, -0.1) is 0 Å². The lowest BCUT2D eigenvalue weighted by Gasteiger charge is -2.31. The highest BCUT2D eigenvalue weighted by molar-refractivity contribution is 5.85. The summed E-state index contributed by atoms with van der Waals surface area (Å²) in [7, 11) is 1.41. The molecule has 1 saturated heterocycles. The molecule has 2 fully saturated rings. The lowest BCUT2D eigenvalue weighted by molar-refractivity contribution is -0.151. The normalized spacial score (nSPS) is 23.3. The lowest BCUT2D eigenvalue weighted by Crippen LogP contribution is -2.50. The second-order valence-electron chi connectivity index (χ2n) is 9.58. The number of hydrogen-bond donors (Lipinski definition) is 2. The van der Waals surface area contributed by atoms with E-state index in [0.29, 0.717) is 25.8 Å². The number of hydrogen-bond acceptors (Lipinski definition) is 5. The molecule has 184 valence electrons. The van der Waals surface area contributed by atoms with Crippen LogP contribution in [0.3, 0.4) is 0 Å². The Morgan fingerprint density at radius 3 is 2.37 bits per heavy atom. The summed E-state index contributed by atoms with van der Waals surface area (Å²) in [5.74, 6) is -1.17. The molecule has 0 bridgehead atoms. The molecule has 3 unspecified atom stereocenters. The molecule has 2 amide bonds. The van der Waals surface area contributed by atoms with Gasteiger partial charge in [-0.3, -0.25) is 9.59 Å². The van der Waals surface area contributed by atoms with E-state index in [9.17, 15) is 19.5 Å². The highest BCUT2D eigenvalue weighted by Gasteiger charge is 2.57. The van der Waals surface area contributed by atoms with Crippen molar-refractivity contribution in [1.29, 1.82) is 0 Å². The van der Waals surface area contributed by atoms with Crippen LogP contribution in [0.4, 0.5) is 4.79 Å². The molecule has 0 spiro atoms. The van der Waals surface area contributed by atoms with Gasteiger partial charge in [0.15, 0.2) is 6.10 Å². The van der Waals surface area contributed by atoms with Crippen molar-refractivity contribution in [3.63, 3.8) is 0 Å². The van der Waals surface area contributed by atoms with Crippen LogP contribution in [-0.2, 0) is 19.1 Å². The van der Waals surface area contributed by atoms with Gasteiger partial charge >= 0.3 is 12.1 Å². The summed E-state index contributed by atoms with van der Waals surface area (Å²) in [6.07, 6.45) is 0.982. The Bertz CT molecular complexity index is 1100. The molecule has 2 N–H and O–H groups in total. The van der Waals surface area contributed by atoms with Crippen LogP contribution >= 0.6 is 0 Å².